The highest BCUT2D eigenvalue weighted by Crippen LogP contribution is 2.27. The van der Waals surface area contributed by atoms with Crippen LogP contribution in [-0.4, -0.2) is 32.4 Å². The lowest BCUT2D eigenvalue weighted by atomic mass is 10.1. The zero-order chi connectivity index (χ0) is 24.9. The van der Waals surface area contributed by atoms with Crippen LogP contribution >= 0.6 is 0 Å². The lowest BCUT2D eigenvalue weighted by molar-refractivity contribution is -0.385. The summed E-state index contributed by atoms with van der Waals surface area (Å²) in [6.07, 6.45) is 0.0635. The lowest BCUT2D eigenvalue weighted by Gasteiger charge is -2.20. The summed E-state index contributed by atoms with van der Waals surface area (Å²) in [6.45, 7) is 3.26. The average Bonchev–Trinajstić information content (AvgIpc) is 2.80. The molecule has 3 aromatic carbocycles. The van der Waals surface area contributed by atoms with Gasteiger partial charge < -0.3 is 10.1 Å². The summed E-state index contributed by atoms with van der Waals surface area (Å²) in [4.78, 5) is 23.9. The average molecular weight is 484 g/mol. The molecule has 0 saturated carbocycles. The Bertz CT molecular complexity index is 1310. The first-order valence-corrected chi connectivity index (χ1v) is 11.9. The van der Waals surface area contributed by atoms with Crippen molar-refractivity contribution in [2.24, 2.45) is 0 Å². The molecular weight excluding hydrogens is 458 g/mol. The number of nitrogens with zero attached hydrogens (tertiary/aromatic N) is 1. The summed E-state index contributed by atoms with van der Waals surface area (Å²) in [5.41, 5.74) is 1.78. The normalized spacial score (nSPS) is 12.1. The van der Waals surface area contributed by atoms with Crippen molar-refractivity contribution in [3.05, 3.63) is 93.5 Å². The molecule has 0 spiro atoms. The largest absolute Gasteiger partial charge is 0.495 e. The smallest absolute Gasteiger partial charge is 0.274 e. The van der Waals surface area contributed by atoms with Gasteiger partial charge in [0.25, 0.3) is 5.69 Å². The summed E-state index contributed by atoms with van der Waals surface area (Å²) < 4.78 is 34.2. The third kappa shape index (κ3) is 5.77. The molecule has 3 rings (SSSR count). The molecular formula is C24H25N3O6S. The van der Waals surface area contributed by atoms with E-state index < -0.39 is 26.9 Å². The van der Waals surface area contributed by atoms with Crippen LogP contribution in [0.4, 0.5) is 11.4 Å². The van der Waals surface area contributed by atoms with Crippen molar-refractivity contribution in [2.75, 3.05) is 12.4 Å². The number of carbonyl (C=O) groups excluding carboxylic acids is 1. The van der Waals surface area contributed by atoms with Crippen LogP contribution < -0.4 is 14.8 Å². The number of hydrogen-bond donors (Lipinski definition) is 2. The quantitative estimate of drug-likeness (QED) is 0.352. The van der Waals surface area contributed by atoms with Gasteiger partial charge in [0.2, 0.25) is 15.9 Å². The molecule has 0 aliphatic rings. The Morgan fingerprint density at radius 1 is 1.06 bits per heavy atom. The van der Waals surface area contributed by atoms with E-state index in [1.54, 1.807) is 43.3 Å². The van der Waals surface area contributed by atoms with E-state index >= 15 is 0 Å². The number of nitro benzene ring substituents is 1. The molecule has 0 aliphatic heterocycles. The highest BCUT2D eigenvalue weighted by Gasteiger charge is 2.29. The third-order valence-electron chi connectivity index (χ3n) is 5.26. The van der Waals surface area contributed by atoms with E-state index in [1.165, 1.54) is 38.3 Å². The number of rotatable bonds is 9. The number of amides is 1. The number of sulfonamides is 1. The van der Waals surface area contributed by atoms with Crippen molar-refractivity contribution >= 4 is 27.3 Å². The van der Waals surface area contributed by atoms with Crippen molar-refractivity contribution in [1.82, 2.24) is 4.72 Å². The van der Waals surface area contributed by atoms with Crippen LogP contribution in [0.1, 0.15) is 16.7 Å². The first kappa shape index (κ1) is 24.9. The molecule has 0 aromatic heterocycles. The van der Waals surface area contributed by atoms with Gasteiger partial charge >= 0.3 is 0 Å². The number of carbonyl (C=O) groups is 1. The summed E-state index contributed by atoms with van der Waals surface area (Å²) in [5.74, 6) is -0.505. The van der Waals surface area contributed by atoms with Crippen LogP contribution in [0.5, 0.6) is 5.75 Å². The maximum absolute atomic E-state index is 13.3. The fraction of sp³-hybridized carbons (Fsp3) is 0.208. The minimum Gasteiger partial charge on any atom is -0.495 e. The molecule has 0 heterocycles. The number of nitro groups is 1. The van der Waals surface area contributed by atoms with E-state index in [9.17, 15) is 23.3 Å². The monoisotopic (exact) mass is 483 g/mol. The molecule has 0 aliphatic carbocycles. The topological polar surface area (TPSA) is 128 Å². The Kier molecular flexibility index (Phi) is 7.64. The van der Waals surface area contributed by atoms with Gasteiger partial charge in [0, 0.05) is 6.07 Å². The van der Waals surface area contributed by atoms with Gasteiger partial charge in [0.1, 0.15) is 16.7 Å². The second-order valence-corrected chi connectivity index (χ2v) is 9.40. The molecule has 0 radical (unpaired) electrons. The number of methoxy groups -OCH3 is 1. The minimum absolute atomic E-state index is 0.0635. The molecule has 1 atom stereocenters. The standard InChI is InChI=1S/C24H25N3O6S/c1-16-12-13-22(33-3)23(14-16)34(31,32)26-20(15-18-8-5-4-6-9-18)24(28)25-19-10-7-11-21(17(19)2)27(29)30/h4-14,20,26H,15H2,1-3H3,(H,25,28)/t20-/m1/s1. The fourth-order valence-corrected chi connectivity index (χ4v) is 4.91. The number of nitrogens with one attached hydrogen (secondary N) is 2. The Balaban J connectivity index is 1.96. The maximum atomic E-state index is 13.3. The van der Waals surface area contributed by atoms with Gasteiger partial charge in [0.05, 0.1) is 23.3 Å². The van der Waals surface area contributed by atoms with Gasteiger partial charge in [-0.2, -0.15) is 4.72 Å². The van der Waals surface area contributed by atoms with E-state index in [1.807, 2.05) is 6.07 Å². The second-order valence-electron chi connectivity index (χ2n) is 7.71. The molecule has 3 aromatic rings. The predicted octanol–water partition coefficient (Wildman–Crippen LogP) is 3.75. The number of benzene rings is 3. The zero-order valence-electron chi connectivity index (χ0n) is 18.9. The molecule has 0 unspecified atom stereocenters. The minimum atomic E-state index is -4.16. The van der Waals surface area contributed by atoms with Crippen LogP contribution in [0.15, 0.2) is 71.6 Å². The lowest BCUT2D eigenvalue weighted by Crippen LogP contribution is -2.45. The third-order valence-corrected chi connectivity index (χ3v) is 6.76. The van der Waals surface area contributed by atoms with Crippen LogP contribution in [0.25, 0.3) is 0 Å². The summed E-state index contributed by atoms with van der Waals surface area (Å²) in [7, 11) is -2.79. The summed E-state index contributed by atoms with van der Waals surface area (Å²) in [6, 6.07) is 16.8. The van der Waals surface area contributed by atoms with Crippen LogP contribution in [-0.2, 0) is 21.2 Å². The molecule has 0 bridgehead atoms. The highest BCUT2D eigenvalue weighted by atomic mass is 32.2. The maximum Gasteiger partial charge on any atom is 0.274 e. The van der Waals surface area contributed by atoms with Crippen molar-refractivity contribution in [2.45, 2.75) is 31.2 Å². The molecule has 178 valence electrons. The Morgan fingerprint density at radius 2 is 1.76 bits per heavy atom. The SMILES string of the molecule is COc1ccc(C)cc1S(=O)(=O)N[C@H](Cc1ccccc1)C(=O)Nc1cccc([N+](=O)[O-])c1C. The molecule has 2 N–H and O–H groups in total. The van der Waals surface area contributed by atoms with Gasteiger partial charge in [-0.15, -0.1) is 0 Å². The van der Waals surface area contributed by atoms with E-state index in [4.69, 9.17) is 4.74 Å². The summed E-state index contributed by atoms with van der Waals surface area (Å²) >= 11 is 0. The molecule has 9 nitrogen and oxygen atoms in total. The Labute approximate surface area is 198 Å². The van der Waals surface area contributed by atoms with E-state index in [-0.39, 0.29) is 34.0 Å². The van der Waals surface area contributed by atoms with Crippen molar-refractivity contribution < 1.29 is 22.9 Å². The molecule has 0 saturated heterocycles. The number of anilines is 1. The predicted molar refractivity (Wildman–Crippen MR) is 128 cm³/mol. The van der Waals surface area contributed by atoms with Gasteiger partial charge in [-0.05, 0) is 49.6 Å². The highest BCUT2D eigenvalue weighted by molar-refractivity contribution is 7.89. The Hall–Kier alpha value is -3.76. The zero-order valence-corrected chi connectivity index (χ0v) is 19.8. The van der Waals surface area contributed by atoms with Crippen molar-refractivity contribution in [1.29, 1.82) is 0 Å². The Morgan fingerprint density at radius 3 is 2.41 bits per heavy atom. The first-order valence-electron chi connectivity index (χ1n) is 10.4. The number of aryl methyl sites for hydroxylation is 1. The summed E-state index contributed by atoms with van der Waals surface area (Å²) in [5, 5.41) is 13.9. The van der Waals surface area contributed by atoms with Gasteiger partial charge in [-0.3, -0.25) is 14.9 Å². The van der Waals surface area contributed by atoms with Gasteiger partial charge in [0.15, 0.2) is 0 Å². The van der Waals surface area contributed by atoms with Crippen LogP contribution in [0.3, 0.4) is 0 Å². The molecule has 34 heavy (non-hydrogen) atoms. The second kappa shape index (κ2) is 10.4. The van der Waals surface area contributed by atoms with Crippen LogP contribution in [0, 0.1) is 24.0 Å². The van der Waals surface area contributed by atoms with E-state index in [0.29, 0.717) is 5.56 Å². The van der Waals surface area contributed by atoms with E-state index in [0.717, 1.165) is 5.56 Å². The van der Waals surface area contributed by atoms with Gasteiger partial charge in [-0.1, -0.05) is 42.5 Å². The van der Waals surface area contributed by atoms with Crippen molar-refractivity contribution in [3.63, 3.8) is 0 Å². The molecule has 1 amide bonds. The van der Waals surface area contributed by atoms with E-state index in [2.05, 4.69) is 10.0 Å². The fourth-order valence-electron chi connectivity index (χ4n) is 3.46. The number of ether oxygens (including phenoxy) is 1. The first-order chi connectivity index (χ1) is 16.1. The van der Waals surface area contributed by atoms with Crippen LogP contribution in [0.2, 0.25) is 0 Å². The van der Waals surface area contributed by atoms with Gasteiger partial charge in [-0.25, -0.2) is 8.42 Å². The molecule has 10 heteroatoms. The number of hydrogen-bond acceptors (Lipinski definition) is 6. The van der Waals surface area contributed by atoms with Crippen molar-refractivity contribution in [3.8, 4) is 5.75 Å². The molecule has 0 fully saturated rings.